The van der Waals surface area contributed by atoms with Crippen molar-refractivity contribution >= 4 is 28.1 Å². The van der Waals surface area contributed by atoms with E-state index in [4.69, 9.17) is 4.42 Å². The Labute approximate surface area is 210 Å². The summed E-state index contributed by atoms with van der Waals surface area (Å²) >= 11 is 1.38. The summed E-state index contributed by atoms with van der Waals surface area (Å²) in [5.41, 5.74) is 1.50. The highest BCUT2D eigenvalue weighted by Gasteiger charge is 2.48. The molecule has 0 fully saturated rings. The van der Waals surface area contributed by atoms with Gasteiger partial charge < -0.3 is 15.1 Å². The Kier molecular flexibility index (Phi) is 5.90. The quantitative estimate of drug-likeness (QED) is 0.415. The van der Waals surface area contributed by atoms with E-state index in [9.17, 15) is 23.2 Å². The molecule has 3 atom stereocenters. The first-order valence-electron chi connectivity index (χ1n) is 11.8. The molecule has 0 radical (unpaired) electrons. The minimum absolute atomic E-state index is 0.0247. The molecule has 4 heterocycles. The van der Waals surface area contributed by atoms with E-state index in [1.54, 1.807) is 12.1 Å². The molecule has 11 heteroatoms. The number of carbonyl (C=O) groups is 1. The summed E-state index contributed by atoms with van der Waals surface area (Å²) in [6, 6.07) is 2.73. The number of aromatic nitrogens is 2. The van der Waals surface area contributed by atoms with Gasteiger partial charge in [-0.2, -0.15) is 23.5 Å². The smallest absolute Gasteiger partial charge is 0.410 e. The minimum Gasteiger partial charge on any atom is -0.467 e. The van der Waals surface area contributed by atoms with Crippen molar-refractivity contribution in [2.45, 2.75) is 64.7 Å². The number of anilines is 2. The summed E-state index contributed by atoms with van der Waals surface area (Å²) in [6.07, 6.45) is 0.195. The Morgan fingerprint density at radius 3 is 2.78 bits per heavy atom. The zero-order valence-corrected chi connectivity index (χ0v) is 20.9. The molecule has 0 spiro atoms. The molecular formula is C25H26F3N5O2S. The molecule has 7 nitrogen and oxygen atoms in total. The second-order valence-corrected chi connectivity index (χ2v) is 11.5. The monoisotopic (exact) mass is 517 g/mol. The number of hydrogen-bond donors (Lipinski definition) is 2. The molecule has 0 bridgehead atoms. The standard InChI is InChI=1S/C25H26F3N5O2S/c1-24(2,3)13-6-7-14-15(11-29)23(36-19(14)9-13)32-22(34)16-12-30-33-20(25(26,27)28)10-17(31-21(16)33)18-5-4-8-35-18/h4-5,8,12-13,17,20,31H,6-7,9-10H2,1-3H3,(H,32,34)/t13-,17+,20-/m1/s1. The number of alkyl halides is 3. The highest BCUT2D eigenvalue weighted by Crippen LogP contribution is 2.46. The Morgan fingerprint density at radius 2 is 2.14 bits per heavy atom. The number of nitriles is 1. The van der Waals surface area contributed by atoms with E-state index in [1.165, 1.54) is 17.6 Å². The molecule has 3 aromatic heterocycles. The van der Waals surface area contributed by atoms with Gasteiger partial charge >= 0.3 is 6.18 Å². The van der Waals surface area contributed by atoms with Crippen LogP contribution in [-0.2, 0) is 12.8 Å². The van der Waals surface area contributed by atoms with E-state index >= 15 is 0 Å². The van der Waals surface area contributed by atoms with Gasteiger partial charge in [-0.15, -0.1) is 11.3 Å². The average molecular weight is 518 g/mol. The van der Waals surface area contributed by atoms with Crippen molar-refractivity contribution in [1.82, 2.24) is 9.78 Å². The van der Waals surface area contributed by atoms with Crippen LogP contribution >= 0.6 is 11.3 Å². The van der Waals surface area contributed by atoms with Gasteiger partial charge in [0.05, 0.1) is 24.1 Å². The van der Waals surface area contributed by atoms with Crippen molar-refractivity contribution in [2.24, 2.45) is 11.3 Å². The molecule has 5 rings (SSSR count). The summed E-state index contributed by atoms with van der Waals surface area (Å²) in [5, 5.41) is 20.0. The van der Waals surface area contributed by atoms with E-state index in [1.807, 2.05) is 0 Å². The molecule has 1 amide bonds. The number of amides is 1. The second kappa shape index (κ2) is 8.69. The van der Waals surface area contributed by atoms with E-state index in [0.29, 0.717) is 22.2 Å². The maximum atomic E-state index is 13.9. The lowest BCUT2D eigenvalue weighted by Crippen LogP contribution is -2.36. The van der Waals surface area contributed by atoms with Gasteiger partial charge in [-0.1, -0.05) is 20.8 Å². The summed E-state index contributed by atoms with van der Waals surface area (Å²) in [5.74, 6) is 0.153. The molecule has 0 saturated carbocycles. The molecule has 36 heavy (non-hydrogen) atoms. The van der Waals surface area contributed by atoms with Crippen molar-refractivity contribution in [2.75, 3.05) is 10.6 Å². The minimum atomic E-state index is -4.56. The first-order chi connectivity index (χ1) is 17.0. The van der Waals surface area contributed by atoms with E-state index in [0.717, 1.165) is 40.6 Å². The SMILES string of the molecule is CC(C)(C)[C@@H]1CCc2c(sc(NC(=O)c3cnn4c3N[C@H](c3ccco3)C[C@@H]4C(F)(F)F)c2C#N)C1. The number of carbonyl (C=O) groups excluding carboxylic acids is 1. The number of fused-ring (bicyclic) bond motifs is 2. The molecule has 2 aliphatic rings. The first kappa shape index (κ1) is 24.4. The number of thiophene rings is 1. The first-order valence-corrected chi connectivity index (χ1v) is 12.6. The summed E-state index contributed by atoms with van der Waals surface area (Å²) in [6.45, 7) is 6.60. The zero-order valence-electron chi connectivity index (χ0n) is 20.1. The van der Waals surface area contributed by atoms with Gasteiger partial charge in [-0.3, -0.25) is 4.79 Å². The van der Waals surface area contributed by atoms with Gasteiger partial charge in [0.15, 0.2) is 6.04 Å². The van der Waals surface area contributed by atoms with Crippen molar-refractivity contribution < 1.29 is 22.4 Å². The molecule has 0 unspecified atom stereocenters. The van der Waals surface area contributed by atoms with Crippen LogP contribution in [-0.4, -0.2) is 21.9 Å². The topological polar surface area (TPSA) is 95.9 Å². The molecular weight excluding hydrogens is 491 g/mol. The highest BCUT2D eigenvalue weighted by molar-refractivity contribution is 7.16. The van der Waals surface area contributed by atoms with Crippen molar-refractivity contribution in [3.63, 3.8) is 0 Å². The molecule has 2 N–H and O–H groups in total. The average Bonchev–Trinajstić information content (AvgIpc) is 3.54. The van der Waals surface area contributed by atoms with E-state index in [-0.39, 0.29) is 23.2 Å². The number of nitrogens with one attached hydrogen (secondary N) is 2. The fourth-order valence-electron chi connectivity index (χ4n) is 5.11. The Balaban J connectivity index is 1.45. The van der Waals surface area contributed by atoms with Crippen LogP contribution in [0.4, 0.5) is 24.0 Å². The lowest BCUT2D eigenvalue weighted by Gasteiger charge is -2.33. The van der Waals surface area contributed by atoms with Crippen LogP contribution in [0.3, 0.4) is 0 Å². The van der Waals surface area contributed by atoms with Gasteiger partial charge in [0.25, 0.3) is 5.91 Å². The Morgan fingerprint density at radius 1 is 1.36 bits per heavy atom. The molecule has 3 aromatic rings. The number of furan rings is 1. The van der Waals surface area contributed by atoms with Crippen LogP contribution in [0.25, 0.3) is 0 Å². The normalized spacial score (nSPS) is 21.8. The molecule has 0 aromatic carbocycles. The fourth-order valence-corrected chi connectivity index (χ4v) is 6.38. The van der Waals surface area contributed by atoms with E-state index in [2.05, 4.69) is 42.6 Å². The summed E-state index contributed by atoms with van der Waals surface area (Å²) in [4.78, 5) is 14.4. The van der Waals surface area contributed by atoms with Crippen LogP contribution < -0.4 is 10.6 Å². The van der Waals surface area contributed by atoms with Crippen molar-refractivity contribution in [3.05, 3.63) is 51.9 Å². The summed E-state index contributed by atoms with van der Waals surface area (Å²) < 4.78 is 47.8. The van der Waals surface area contributed by atoms with E-state index < -0.39 is 24.2 Å². The highest BCUT2D eigenvalue weighted by atomic mass is 32.1. The molecule has 0 saturated heterocycles. The Bertz CT molecular complexity index is 1330. The molecule has 1 aliphatic carbocycles. The summed E-state index contributed by atoms with van der Waals surface area (Å²) in [7, 11) is 0. The van der Waals surface area contributed by atoms with Gasteiger partial charge in [0, 0.05) is 11.3 Å². The van der Waals surface area contributed by atoms with Crippen LogP contribution in [0.1, 0.15) is 77.8 Å². The number of hydrogen-bond acceptors (Lipinski definition) is 6. The number of nitrogens with zero attached hydrogens (tertiary/aromatic N) is 3. The third-order valence-electron chi connectivity index (χ3n) is 7.20. The predicted octanol–water partition coefficient (Wildman–Crippen LogP) is 6.47. The van der Waals surface area contributed by atoms with Crippen LogP contribution in [0.5, 0.6) is 0 Å². The lowest BCUT2D eigenvalue weighted by atomic mass is 9.72. The predicted molar refractivity (Wildman–Crippen MR) is 129 cm³/mol. The molecule has 1 aliphatic heterocycles. The van der Waals surface area contributed by atoms with Gasteiger partial charge in [-0.05, 0) is 48.3 Å². The largest absolute Gasteiger partial charge is 0.467 e. The lowest BCUT2D eigenvalue weighted by molar-refractivity contribution is -0.174. The van der Waals surface area contributed by atoms with Gasteiger partial charge in [0.1, 0.15) is 28.2 Å². The van der Waals surface area contributed by atoms with Gasteiger partial charge in [0.2, 0.25) is 0 Å². The maximum absolute atomic E-state index is 13.9. The maximum Gasteiger partial charge on any atom is 0.410 e. The number of rotatable bonds is 3. The van der Waals surface area contributed by atoms with Crippen molar-refractivity contribution in [3.8, 4) is 6.07 Å². The third kappa shape index (κ3) is 4.28. The third-order valence-corrected chi connectivity index (χ3v) is 8.37. The zero-order chi connectivity index (χ0) is 25.8. The fraction of sp³-hybridized carbons (Fsp3) is 0.480. The molecule has 190 valence electrons. The second-order valence-electron chi connectivity index (χ2n) is 10.4. The van der Waals surface area contributed by atoms with Gasteiger partial charge in [-0.25, -0.2) is 4.68 Å². The van der Waals surface area contributed by atoms with Crippen LogP contribution in [0.2, 0.25) is 0 Å². The van der Waals surface area contributed by atoms with Crippen LogP contribution in [0, 0.1) is 22.7 Å². The van der Waals surface area contributed by atoms with Crippen LogP contribution in [0.15, 0.2) is 29.0 Å². The number of halogens is 3. The Hall–Kier alpha value is -3.26. The van der Waals surface area contributed by atoms with Crippen molar-refractivity contribution in [1.29, 1.82) is 5.26 Å².